The number of aryl methyl sites for hydroxylation is 2. The predicted octanol–water partition coefficient (Wildman–Crippen LogP) is 2.81. The number of carbonyl (C=O) groups excluding carboxylic acids is 1. The van der Waals surface area contributed by atoms with Crippen molar-refractivity contribution in [3.05, 3.63) is 59.7 Å². The summed E-state index contributed by atoms with van der Waals surface area (Å²) in [5.74, 6) is 1.58. The molecule has 9 heteroatoms. The standard InChI is InChI=1S/C22H28N6O2S/c1-17-9-11-27(26-17)12-10-21(29)23-14-20-24-25-22(31-16-19-8-5-13-30-19)28(20)15-18-6-3-2-4-7-18/h2-4,6-7,9,11,19H,5,8,10,12-16H2,1H3,(H,23,29)/t19-/m1/s1. The van der Waals surface area contributed by atoms with E-state index in [0.29, 0.717) is 26.1 Å². The van der Waals surface area contributed by atoms with Crippen molar-refractivity contribution in [2.45, 2.75) is 57.1 Å². The fourth-order valence-corrected chi connectivity index (χ4v) is 4.52. The summed E-state index contributed by atoms with van der Waals surface area (Å²) < 4.78 is 9.61. The van der Waals surface area contributed by atoms with Crippen LogP contribution in [0.15, 0.2) is 47.8 Å². The van der Waals surface area contributed by atoms with Crippen LogP contribution in [0.25, 0.3) is 0 Å². The second-order valence-electron chi connectivity index (χ2n) is 7.66. The molecule has 8 nitrogen and oxygen atoms in total. The average molecular weight is 441 g/mol. The van der Waals surface area contributed by atoms with E-state index in [0.717, 1.165) is 41.9 Å². The molecule has 1 fully saturated rings. The highest BCUT2D eigenvalue weighted by Crippen LogP contribution is 2.24. The summed E-state index contributed by atoms with van der Waals surface area (Å²) in [4.78, 5) is 12.3. The van der Waals surface area contributed by atoms with Crippen molar-refractivity contribution in [1.82, 2.24) is 29.9 Å². The predicted molar refractivity (Wildman–Crippen MR) is 119 cm³/mol. The molecule has 0 bridgehead atoms. The molecule has 1 aliphatic heterocycles. The number of thioether (sulfide) groups is 1. The van der Waals surface area contributed by atoms with Crippen molar-refractivity contribution in [3.8, 4) is 0 Å². The molecule has 3 heterocycles. The van der Waals surface area contributed by atoms with E-state index in [4.69, 9.17) is 4.74 Å². The van der Waals surface area contributed by atoms with Crippen LogP contribution in [-0.4, -0.2) is 48.9 Å². The third kappa shape index (κ3) is 6.18. The molecule has 0 aliphatic carbocycles. The Morgan fingerprint density at radius 3 is 2.87 bits per heavy atom. The molecule has 164 valence electrons. The molecule has 2 aromatic heterocycles. The first-order valence-electron chi connectivity index (χ1n) is 10.6. The fraction of sp³-hybridized carbons (Fsp3) is 0.455. The highest BCUT2D eigenvalue weighted by atomic mass is 32.2. The van der Waals surface area contributed by atoms with Crippen molar-refractivity contribution in [3.63, 3.8) is 0 Å². The molecule has 1 N–H and O–H groups in total. The van der Waals surface area contributed by atoms with Gasteiger partial charge in [0.25, 0.3) is 0 Å². The van der Waals surface area contributed by atoms with Crippen LogP contribution in [0.4, 0.5) is 0 Å². The van der Waals surface area contributed by atoms with Gasteiger partial charge in [-0.15, -0.1) is 10.2 Å². The van der Waals surface area contributed by atoms with Crippen molar-refractivity contribution in [2.75, 3.05) is 12.4 Å². The van der Waals surface area contributed by atoms with Crippen molar-refractivity contribution < 1.29 is 9.53 Å². The summed E-state index contributed by atoms with van der Waals surface area (Å²) >= 11 is 1.67. The summed E-state index contributed by atoms with van der Waals surface area (Å²) in [6.45, 7) is 4.34. The number of aromatic nitrogens is 5. The number of rotatable bonds is 10. The maximum Gasteiger partial charge on any atom is 0.222 e. The molecule has 1 amide bonds. The Bertz CT molecular complexity index is 981. The van der Waals surface area contributed by atoms with Gasteiger partial charge in [0.1, 0.15) is 0 Å². The van der Waals surface area contributed by atoms with Crippen LogP contribution in [0.5, 0.6) is 0 Å². The van der Waals surface area contributed by atoms with E-state index in [1.54, 1.807) is 16.4 Å². The molecule has 1 atom stereocenters. The number of benzene rings is 1. The maximum absolute atomic E-state index is 12.3. The highest BCUT2D eigenvalue weighted by Gasteiger charge is 2.19. The van der Waals surface area contributed by atoms with Gasteiger partial charge in [-0.1, -0.05) is 42.1 Å². The molecular weight excluding hydrogens is 412 g/mol. The lowest BCUT2D eigenvalue weighted by molar-refractivity contribution is -0.121. The molecule has 1 aromatic carbocycles. The SMILES string of the molecule is Cc1ccn(CCC(=O)NCc2nnc(SC[C@H]3CCCO3)n2Cc2ccccc2)n1. The molecule has 0 spiro atoms. The summed E-state index contributed by atoms with van der Waals surface area (Å²) in [5.41, 5.74) is 2.12. The zero-order chi connectivity index (χ0) is 21.5. The first kappa shape index (κ1) is 21.6. The Kier molecular flexibility index (Phi) is 7.37. The zero-order valence-corrected chi connectivity index (χ0v) is 18.6. The molecule has 4 rings (SSSR count). The minimum Gasteiger partial charge on any atom is -0.377 e. The number of hydrogen-bond acceptors (Lipinski definition) is 6. The maximum atomic E-state index is 12.3. The molecular formula is C22H28N6O2S. The van der Waals surface area contributed by atoms with Crippen molar-refractivity contribution >= 4 is 17.7 Å². The Balaban J connectivity index is 1.38. The van der Waals surface area contributed by atoms with Crippen LogP contribution in [0, 0.1) is 6.92 Å². The third-order valence-electron chi connectivity index (χ3n) is 5.18. The second kappa shape index (κ2) is 10.6. The monoisotopic (exact) mass is 440 g/mol. The quantitative estimate of drug-likeness (QED) is 0.488. The number of amides is 1. The van der Waals surface area contributed by atoms with E-state index in [2.05, 4.69) is 37.3 Å². The van der Waals surface area contributed by atoms with Crippen LogP contribution in [0.1, 0.15) is 36.3 Å². The van der Waals surface area contributed by atoms with Gasteiger partial charge < -0.3 is 14.6 Å². The van der Waals surface area contributed by atoms with Crippen LogP contribution in [-0.2, 0) is 29.2 Å². The minimum atomic E-state index is -0.0315. The van der Waals surface area contributed by atoms with E-state index in [9.17, 15) is 4.79 Å². The van der Waals surface area contributed by atoms with E-state index in [1.165, 1.54) is 5.56 Å². The van der Waals surface area contributed by atoms with Crippen molar-refractivity contribution in [1.29, 1.82) is 0 Å². The Morgan fingerprint density at radius 1 is 1.26 bits per heavy atom. The second-order valence-corrected chi connectivity index (χ2v) is 8.65. The number of ether oxygens (including phenoxy) is 1. The molecule has 0 unspecified atom stereocenters. The number of carbonyl (C=O) groups is 1. The van der Waals surface area contributed by atoms with Gasteiger partial charge in [-0.3, -0.25) is 9.48 Å². The lowest BCUT2D eigenvalue weighted by Gasteiger charge is -2.12. The third-order valence-corrected chi connectivity index (χ3v) is 6.28. The molecule has 0 radical (unpaired) electrons. The van der Waals surface area contributed by atoms with Crippen LogP contribution >= 0.6 is 11.8 Å². The summed E-state index contributed by atoms with van der Waals surface area (Å²) in [7, 11) is 0. The van der Waals surface area contributed by atoms with Gasteiger partial charge in [-0.05, 0) is 31.4 Å². The van der Waals surface area contributed by atoms with Crippen molar-refractivity contribution in [2.24, 2.45) is 0 Å². The smallest absolute Gasteiger partial charge is 0.222 e. The van der Waals surface area contributed by atoms with Gasteiger partial charge in [0.05, 0.1) is 24.9 Å². The van der Waals surface area contributed by atoms with Crippen LogP contribution < -0.4 is 5.32 Å². The summed E-state index contributed by atoms with van der Waals surface area (Å²) in [5, 5.41) is 16.9. The Labute approximate surface area is 186 Å². The van der Waals surface area contributed by atoms with Gasteiger partial charge in [0.2, 0.25) is 5.91 Å². The Morgan fingerprint density at radius 2 is 2.13 bits per heavy atom. The van der Waals surface area contributed by atoms with E-state index < -0.39 is 0 Å². The van der Waals surface area contributed by atoms with Gasteiger partial charge in [-0.2, -0.15) is 5.10 Å². The average Bonchev–Trinajstić information content (AvgIpc) is 3.52. The summed E-state index contributed by atoms with van der Waals surface area (Å²) in [6, 6.07) is 12.2. The van der Waals surface area contributed by atoms with Gasteiger partial charge in [-0.25, -0.2) is 0 Å². The number of nitrogens with zero attached hydrogens (tertiary/aromatic N) is 5. The molecule has 0 saturated carbocycles. The van der Waals surface area contributed by atoms with Crippen LogP contribution in [0.3, 0.4) is 0 Å². The topological polar surface area (TPSA) is 86.9 Å². The normalized spacial score (nSPS) is 16.0. The first-order chi connectivity index (χ1) is 15.2. The Hall–Kier alpha value is -2.65. The van der Waals surface area contributed by atoms with Crippen LogP contribution in [0.2, 0.25) is 0 Å². The van der Waals surface area contributed by atoms with Gasteiger partial charge >= 0.3 is 0 Å². The largest absolute Gasteiger partial charge is 0.377 e. The number of hydrogen-bond donors (Lipinski definition) is 1. The fourth-order valence-electron chi connectivity index (χ4n) is 3.49. The molecule has 3 aromatic rings. The van der Waals surface area contributed by atoms with E-state index >= 15 is 0 Å². The lowest BCUT2D eigenvalue weighted by atomic mass is 10.2. The van der Waals surface area contributed by atoms with E-state index in [1.807, 2.05) is 37.4 Å². The van der Waals surface area contributed by atoms with E-state index in [-0.39, 0.29) is 12.0 Å². The zero-order valence-electron chi connectivity index (χ0n) is 17.7. The molecule has 1 aliphatic rings. The highest BCUT2D eigenvalue weighted by molar-refractivity contribution is 7.99. The first-order valence-corrected chi connectivity index (χ1v) is 11.6. The lowest BCUT2D eigenvalue weighted by Crippen LogP contribution is -2.26. The molecule has 1 saturated heterocycles. The number of nitrogens with one attached hydrogen (secondary N) is 1. The van der Waals surface area contributed by atoms with Gasteiger partial charge in [0.15, 0.2) is 11.0 Å². The molecule has 31 heavy (non-hydrogen) atoms. The minimum absolute atomic E-state index is 0.0315. The van der Waals surface area contributed by atoms with Gasteiger partial charge in [0, 0.05) is 31.5 Å². The summed E-state index contributed by atoms with van der Waals surface area (Å²) in [6.07, 6.45) is 4.75.